The van der Waals surface area contributed by atoms with Crippen LogP contribution in [0.3, 0.4) is 0 Å². The van der Waals surface area contributed by atoms with Gasteiger partial charge >= 0.3 is 0 Å². The highest BCUT2D eigenvalue weighted by atomic mass is 16.3. The van der Waals surface area contributed by atoms with Gasteiger partial charge < -0.3 is 0 Å². The van der Waals surface area contributed by atoms with Crippen molar-refractivity contribution in [3.63, 3.8) is 0 Å². The van der Waals surface area contributed by atoms with Crippen LogP contribution in [-0.2, 0) is 0 Å². The Bertz CT molecular complexity index is 588. The lowest BCUT2D eigenvalue weighted by Crippen LogP contribution is -2.33. The molecular weight excluding hydrogens is 222 g/mol. The first-order chi connectivity index (χ1) is 8.77. The van der Waals surface area contributed by atoms with E-state index >= 15 is 0 Å². The van der Waals surface area contributed by atoms with Gasteiger partial charge in [-0.1, -0.05) is 24.3 Å². The van der Waals surface area contributed by atoms with Crippen LogP contribution in [0, 0.1) is 16.2 Å². The smallest absolute Gasteiger partial charge is 0.0699 e. The summed E-state index contributed by atoms with van der Waals surface area (Å²) in [5.74, 6) is 0.778. The maximum atomic E-state index is 11.8. The van der Waals surface area contributed by atoms with Gasteiger partial charge in [0, 0.05) is 15.9 Å². The summed E-state index contributed by atoms with van der Waals surface area (Å²) in [6, 6.07) is 0. The van der Waals surface area contributed by atoms with Crippen LogP contribution in [0.2, 0.25) is 0 Å². The molecule has 2 heteroatoms. The minimum absolute atomic E-state index is 0.0183. The van der Waals surface area contributed by atoms with Gasteiger partial charge in [0.15, 0.2) is 0 Å². The van der Waals surface area contributed by atoms with E-state index in [1.165, 1.54) is 23.1 Å². The van der Waals surface area contributed by atoms with Crippen LogP contribution in [0.25, 0.3) is 0 Å². The van der Waals surface area contributed by atoms with Crippen LogP contribution in [0.4, 0.5) is 0 Å². The number of fused-ring (bicyclic) bond motifs is 1. The molecule has 2 atom stereocenters. The first-order valence-electron chi connectivity index (χ1n) is 6.72. The molecular formula is C16H16NO+. The second-order valence-electron chi connectivity index (χ2n) is 5.79. The van der Waals surface area contributed by atoms with Crippen molar-refractivity contribution in [3.05, 3.63) is 64.4 Å². The first-order valence-corrected chi connectivity index (χ1v) is 6.72. The highest BCUT2D eigenvalue weighted by Gasteiger charge is 2.43. The molecule has 3 aliphatic carbocycles. The summed E-state index contributed by atoms with van der Waals surface area (Å²) in [4.78, 5) is 11.8. The zero-order valence-corrected chi connectivity index (χ0v) is 10.3. The Morgan fingerprint density at radius 1 is 1.28 bits per heavy atom. The summed E-state index contributed by atoms with van der Waals surface area (Å²) in [6.07, 6.45) is 18.9. The molecule has 2 unspecified atom stereocenters. The Hall–Kier alpha value is -1.70. The minimum atomic E-state index is -0.0183. The van der Waals surface area contributed by atoms with Crippen LogP contribution >= 0.6 is 0 Å². The van der Waals surface area contributed by atoms with Gasteiger partial charge in [-0.05, 0) is 48.8 Å². The van der Waals surface area contributed by atoms with E-state index in [2.05, 4.69) is 30.4 Å². The quantitative estimate of drug-likeness (QED) is 0.588. The van der Waals surface area contributed by atoms with Crippen LogP contribution in [0.5, 0.6) is 0 Å². The van der Waals surface area contributed by atoms with E-state index in [0.29, 0.717) is 0 Å². The summed E-state index contributed by atoms with van der Waals surface area (Å²) in [7, 11) is 0. The molecule has 0 aromatic carbocycles. The highest BCUT2D eigenvalue weighted by Crippen LogP contribution is 2.54. The number of hydrogen-bond acceptors (Lipinski definition) is 1. The molecule has 4 aliphatic rings. The van der Waals surface area contributed by atoms with Gasteiger partial charge in [-0.25, -0.2) is 0 Å². The SMILES string of the molecule is O=[N+]1C=C2CCC3CC2=C2C=CC=CC2(/C=C\1)C3. The largest absolute Gasteiger partial charge is 0.231 e. The average Bonchev–Trinajstić information content (AvgIpc) is 2.39. The molecule has 3 bridgehead atoms. The average molecular weight is 238 g/mol. The van der Waals surface area contributed by atoms with Gasteiger partial charge in [-0.3, -0.25) is 0 Å². The van der Waals surface area contributed by atoms with E-state index in [0.717, 1.165) is 29.9 Å². The zero-order valence-electron chi connectivity index (χ0n) is 10.3. The Kier molecular flexibility index (Phi) is 1.94. The summed E-state index contributed by atoms with van der Waals surface area (Å²) >= 11 is 0. The maximum absolute atomic E-state index is 11.8. The third-order valence-electron chi connectivity index (χ3n) is 4.72. The van der Waals surface area contributed by atoms with Crippen LogP contribution in [-0.4, -0.2) is 4.76 Å². The Balaban J connectivity index is 2.04. The van der Waals surface area contributed by atoms with Crippen molar-refractivity contribution in [1.29, 1.82) is 0 Å². The molecule has 18 heavy (non-hydrogen) atoms. The molecule has 0 spiro atoms. The summed E-state index contributed by atoms with van der Waals surface area (Å²) < 4.78 is 0.978. The summed E-state index contributed by atoms with van der Waals surface area (Å²) in [5, 5.41) is 0. The second kappa shape index (κ2) is 3.41. The molecule has 1 heterocycles. The predicted octanol–water partition coefficient (Wildman–Crippen LogP) is 3.79. The van der Waals surface area contributed by atoms with Gasteiger partial charge in [0.2, 0.25) is 12.4 Å². The van der Waals surface area contributed by atoms with E-state index in [9.17, 15) is 4.91 Å². The van der Waals surface area contributed by atoms with Crippen LogP contribution in [0.15, 0.2) is 59.5 Å². The lowest BCUT2D eigenvalue weighted by molar-refractivity contribution is -0.403. The maximum Gasteiger partial charge on any atom is 0.231 e. The molecule has 0 aromatic heterocycles. The molecule has 1 aliphatic heterocycles. The standard InChI is InChI=1S/C16H16NO/c18-17-8-7-16-6-2-1-3-15(16)14-9-12(10-16)4-5-13(14)11-17/h1-3,6-8,11-12H,4-5,9-10H2/q+1/b8-7-,13-11?. The van der Waals surface area contributed by atoms with E-state index < -0.39 is 0 Å². The van der Waals surface area contributed by atoms with Gasteiger partial charge in [0.1, 0.15) is 0 Å². The number of allylic oxidation sites excluding steroid dienone is 8. The Morgan fingerprint density at radius 3 is 3.17 bits per heavy atom. The molecule has 4 rings (SSSR count). The number of nitroso groups, excluding NO2 is 1. The lowest BCUT2D eigenvalue weighted by Gasteiger charge is -2.43. The molecule has 1 fully saturated rings. The minimum Gasteiger partial charge on any atom is -0.0699 e. The van der Waals surface area contributed by atoms with E-state index in [1.54, 1.807) is 12.4 Å². The second-order valence-corrected chi connectivity index (χ2v) is 5.79. The highest BCUT2D eigenvalue weighted by molar-refractivity contribution is 5.54. The first kappa shape index (κ1) is 10.2. The number of rotatable bonds is 0. The van der Waals surface area contributed by atoms with Gasteiger partial charge in [0.05, 0.1) is 4.76 Å². The fourth-order valence-corrected chi connectivity index (χ4v) is 3.91. The van der Waals surface area contributed by atoms with Crippen molar-refractivity contribution in [2.75, 3.05) is 0 Å². The van der Waals surface area contributed by atoms with E-state index in [4.69, 9.17) is 0 Å². The Labute approximate surface area is 107 Å². The molecule has 0 amide bonds. The third kappa shape index (κ3) is 1.29. The monoisotopic (exact) mass is 238 g/mol. The van der Waals surface area contributed by atoms with Crippen molar-refractivity contribution in [2.45, 2.75) is 25.7 Å². The molecule has 0 N–H and O–H groups in total. The predicted molar refractivity (Wildman–Crippen MR) is 70.5 cm³/mol. The van der Waals surface area contributed by atoms with Crippen molar-refractivity contribution in [2.24, 2.45) is 11.3 Å². The van der Waals surface area contributed by atoms with E-state index in [-0.39, 0.29) is 5.41 Å². The van der Waals surface area contributed by atoms with Crippen molar-refractivity contribution >= 4 is 0 Å². The number of nitrogens with zero attached hydrogens (tertiary/aromatic N) is 1. The van der Waals surface area contributed by atoms with Crippen LogP contribution in [0.1, 0.15) is 25.7 Å². The van der Waals surface area contributed by atoms with Gasteiger partial charge in [-0.2, -0.15) is 0 Å². The molecule has 0 aromatic rings. The molecule has 0 saturated heterocycles. The van der Waals surface area contributed by atoms with Gasteiger partial charge in [-0.15, -0.1) is 0 Å². The zero-order chi connectivity index (χ0) is 12.2. The summed E-state index contributed by atoms with van der Waals surface area (Å²) in [6.45, 7) is 0. The normalized spacial score (nSPS) is 38.1. The fourth-order valence-electron chi connectivity index (χ4n) is 3.91. The third-order valence-corrected chi connectivity index (χ3v) is 4.72. The fraction of sp³-hybridized carbons (Fsp3) is 0.375. The van der Waals surface area contributed by atoms with Crippen molar-refractivity contribution in [3.8, 4) is 0 Å². The number of hydrogen-bond donors (Lipinski definition) is 0. The molecule has 90 valence electrons. The Morgan fingerprint density at radius 2 is 2.22 bits per heavy atom. The molecule has 2 nitrogen and oxygen atoms in total. The summed E-state index contributed by atoms with van der Waals surface area (Å²) in [5.41, 5.74) is 4.10. The van der Waals surface area contributed by atoms with Crippen molar-refractivity contribution in [1.82, 2.24) is 0 Å². The topological polar surface area (TPSA) is 20.1 Å². The van der Waals surface area contributed by atoms with Gasteiger partial charge in [0.25, 0.3) is 0 Å². The van der Waals surface area contributed by atoms with Crippen LogP contribution < -0.4 is 0 Å². The molecule has 0 radical (unpaired) electrons. The molecule has 1 saturated carbocycles. The lowest BCUT2D eigenvalue weighted by atomic mass is 9.60. The van der Waals surface area contributed by atoms with Crippen molar-refractivity contribution < 1.29 is 4.76 Å². The van der Waals surface area contributed by atoms with E-state index in [1.807, 2.05) is 0 Å².